The Morgan fingerprint density at radius 2 is 1.85 bits per heavy atom. The molecule has 2 atom stereocenters. The largest absolute Gasteiger partial charge is 0.511 e. The number of phenolic OH excluding ortho intramolecular Hbond substituents is 1. The predicted octanol–water partition coefficient (Wildman–Crippen LogP) is 1.93. The number of nitrogens with one attached hydrogen (secondary N) is 3. The van der Waals surface area contributed by atoms with Crippen molar-refractivity contribution in [1.82, 2.24) is 15.3 Å². The summed E-state index contributed by atoms with van der Waals surface area (Å²) in [5.74, 6) is -4.97. The summed E-state index contributed by atoms with van der Waals surface area (Å²) >= 11 is 0. The second kappa shape index (κ2) is 10.2. The number of nitrogens with zero attached hydrogens (tertiary/aromatic N) is 1. The molecule has 0 fully saturated rings. The average Bonchev–Trinajstić information content (AvgIpc) is 3.31. The highest BCUT2D eigenvalue weighted by atomic mass is 16.4. The van der Waals surface area contributed by atoms with Gasteiger partial charge in [-0.25, -0.2) is 9.78 Å². The number of aromatic amines is 1. The number of imidazole rings is 1. The summed E-state index contributed by atoms with van der Waals surface area (Å²) in [6, 6.07) is 9.84. The number of carbonyl (C=O) groups excluding carboxylic acids is 1. The van der Waals surface area contributed by atoms with Crippen LogP contribution >= 0.6 is 0 Å². The van der Waals surface area contributed by atoms with Crippen LogP contribution in [0.4, 0.5) is 4.79 Å². The number of aromatic hydroxyl groups is 1. The number of nitrogens with two attached hydrogens (primary N) is 2. The first-order chi connectivity index (χ1) is 18.4. The number of primary amides is 1. The van der Waals surface area contributed by atoms with Crippen molar-refractivity contribution in [3.8, 4) is 5.75 Å². The maximum absolute atomic E-state index is 12.2. The first kappa shape index (κ1) is 26.7. The van der Waals surface area contributed by atoms with Gasteiger partial charge in [-0.1, -0.05) is 29.8 Å². The Hall–Kier alpha value is -5.33. The molecule has 2 aromatic carbocycles. The van der Waals surface area contributed by atoms with Crippen LogP contribution in [0.2, 0.25) is 0 Å². The zero-order valence-corrected chi connectivity index (χ0v) is 20.4. The van der Waals surface area contributed by atoms with E-state index in [1.807, 2.05) is 0 Å². The van der Waals surface area contributed by atoms with E-state index in [4.69, 9.17) is 16.9 Å². The molecule has 1 aliphatic carbocycles. The lowest BCUT2D eigenvalue weighted by atomic mass is 9.71. The van der Waals surface area contributed by atoms with Crippen LogP contribution < -0.4 is 16.8 Å². The third-order valence-corrected chi connectivity index (χ3v) is 6.63. The summed E-state index contributed by atoms with van der Waals surface area (Å²) in [6.45, 7) is -0.395. The number of benzene rings is 2. The van der Waals surface area contributed by atoms with Gasteiger partial charge in [0.2, 0.25) is 0 Å². The highest BCUT2D eigenvalue weighted by molar-refractivity contribution is 5.98. The number of H-pyrrole nitrogens is 1. The maximum atomic E-state index is 12.2. The predicted molar refractivity (Wildman–Crippen MR) is 140 cm³/mol. The number of para-hydroxylation sites is 1. The van der Waals surface area contributed by atoms with E-state index in [0.29, 0.717) is 16.6 Å². The number of rotatable bonds is 9. The molecule has 3 aromatic rings. The van der Waals surface area contributed by atoms with Crippen molar-refractivity contribution in [2.45, 2.75) is 18.3 Å². The van der Waals surface area contributed by atoms with Crippen LogP contribution in [0.25, 0.3) is 16.6 Å². The Labute approximate surface area is 221 Å². The normalized spacial score (nSPS) is 17.9. The van der Waals surface area contributed by atoms with Crippen LogP contribution in [0, 0.1) is 11.3 Å². The number of carboxylic acid groups (broad SMARTS) is 2. The molecule has 0 radical (unpaired) electrons. The number of allylic oxidation sites excluding steroid dienone is 1. The van der Waals surface area contributed by atoms with Crippen molar-refractivity contribution < 1.29 is 34.8 Å². The lowest BCUT2D eigenvalue weighted by Gasteiger charge is -2.36. The van der Waals surface area contributed by atoms with Crippen LogP contribution in [0.1, 0.15) is 29.8 Å². The van der Waals surface area contributed by atoms with Crippen molar-refractivity contribution in [3.05, 3.63) is 76.8 Å². The second-order valence-corrected chi connectivity index (χ2v) is 9.15. The number of aliphatic carboxylic acids is 2. The van der Waals surface area contributed by atoms with Crippen LogP contribution in [-0.4, -0.2) is 60.7 Å². The second-order valence-electron chi connectivity index (χ2n) is 9.15. The molecule has 39 heavy (non-hydrogen) atoms. The molecule has 1 aromatic heterocycles. The van der Waals surface area contributed by atoms with Crippen LogP contribution in [0.5, 0.6) is 5.75 Å². The molecule has 0 spiro atoms. The molecule has 0 bridgehead atoms. The first-order valence-electron chi connectivity index (χ1n) is 11.7. The monoisotopic (exact) mass is 534 g/mol. The number of phenols is 1. The van der Waals surface area contributed by atoms with E-state index < -0.39 is 42.3 Å². The highest BCUT2D eigenvalue weighted by Gasteiger charge is 2.45. The van der Waals surface area contributed by atoms with E-state index in [1.165, 1.54) is 18.2 Å². The summed E-state index contributed by atoms with van der Waals surface area (Å²) in [6.07, 6.45) is 0.408. The Balaban J connectivity index is 2.04. The van der Waals surface area contributed by atoms with E-state index in [9.17, 15) is 34.8 Å². The fourth-order valence-electron chi connectivity index (χ4n) is 4.73. The number of hydrogen-bond donors (Lipinski definition) is 9. The van der Waals surface area contributed by atoms with Gasteiger partial charge in [-0.3, -0.25) is 15.0 Å². The molecule has 13 heteroatoms. The Morgan fingerprint density at radius 3 is 2.46 bits per heavy atom. The molecular weight excluding hydrogens is 508 g/mol. The van der Waals surface area contributed by atoms with E-state index in [0.717, 1.165) is 0 Å². The number of urea groups is 1. The molecule has 0 aliphatic heterocycles. The van der Waals surface area contributed by atoms with Crippen LogP contribution in [0.15, 0.2) is 59.9 Å². The molecule has 11 N–H and O–H groups in total. The number of aromatic nitrogens is 2. The molecule has 0 saturated heterocycles. The third-order valence-electron chi connectivity index (χ3n) is 6.63. The Bertz CT molecular complexity index is 1570. The van der Waals surface area contributed by atoms with Crippen molar-refractivity contribution in [2.75, 3.05) is 6.54 Å². The quantitative estimate of drug-likeness (QED) is 0.110. The molecular formula is C26H26N6O7. The number of aliphatic hydroxyl groups excluding tert-OH is 1. The minimum Gasteiger partial charge on any atom is -0.511 e. The fraction of sp³-hybridized carbons (Fsp3) is 0.192. The molecule has 0 saturated carbocycles. The van der Waals surface area contributed by atoms with Gasteiger partial charge in [0.15, 0.2) is 0 Å². The molecule has 2 amide bonds. The number of carbonyl (C=O) groups is 3. The number of carboxylic acids is 2. The zero-order chi connectivity index (χ0) is 28.5. The smallest absolute Gasteiger partial charge is 0.312 e. The molecule has 2 unspecified atom stereocenters. The summed E-state index contributed by atoms with van der Waals surface area (Å²) in [5.41, 5.74) is 10.8. The van der Waals surface area contributed by atoms with E-state index in [2.05, 4.69) is 15.3 Å². The standard InChI is InChI=1S/C26H26N6O7/c27-22(28)12-5-6-17-18(8-12)32-24(31-17)26(11-30-25(29)39)10-13(15(23(37)38)9-20(34)35)7-16(21(26)36)14-3-1-2-4-19(14)33/h1-6,8,10,15,33,36H,7,9,11H2,(H3,27,28)(H,31,32)(H,34,35)(H,37,38)(H3,29,30,39). The topological polar surface area (TPSA) is 249 Å². The van der Waals surface area contributed by atoms with Gasteiger partial charge >= 0.3 is 18.0 Å². The Morgan fingerprint density at radius 1 is 1.13 bits per heavy atom. The van der Waals surface area contributed by atoms with Gasteiger partial charge in [-0.05, 0) is 30.7 Å². The van der Waals surface area contributed by atoms with E-state index in [-0.39, 0.29) is 46.3 Å². The van der Waals surface area contributed by atoms with Gasteiger partial charge in [0.25, 0.3) is 0 Å². The summed E-state index contributed by atoms with van der Waals surface area (Å²) in [7, 11) is 0. The van der Waals surface area contributed by atoms with Crippen LogP contribution in [0.3, 0.4) is 0 Å². The van der Waals surface area contributed by atoms with Crippen molar-refractivity contribution >= 4 is 40.4 Å². The van der Waals surface area contributed by atoms with Crippen molar-refractivity contribution in [1.29, 1.82) is 5.41 Å². The van der Waals surface area contributed by atoms with E-state index in [1.54, 1.807) is 30.3 Å². The number of amidine groups is 1. The summed E-state index contributed by atoms with van der Waals surface area (Å²) < 4.78 is 0. The first-order valence-corrected chi connectivity index (χ1v) is 11.7. The van der Waals surface area contributed by atoms with Gasteiger partial charge in [-0.2, -0.15) is 0 Å². The lowest BCUT2D eigenvalue weighted by molar-refractivity contribution is -0.147. The highest BCUT2D eigenvalue weighted by Crippen LogP contribution is 2.47. The van der Waals surface area contributed by atoms with Gasteiger partial charge < -0.3 is 42.2 Å². The summed E-state index contributed by atoms with van der Waals surface area (Å²) in [4.78, 5) is 43.2. The maximum Gasteiger partial charge on any atom is 0.312 e. The summed E-state index contributed by atoms with van der Waals surface area (Å²) in [5, 5.41) is 51.9. The minimum absolute atomic E-state index is 0.0639. The zero-order valence-electron chi connectivity index (χ0n) is 20.4. The molecule has 202 valence electrons. The average molecular weight is 535 g/mol. The van der Waals surface area contributed by atoms with Gasteiger partial charge in [0, 0.05) is 23.2 Å². The fourth-order valence-corrected chi connectivity index (χ4v) is 4.73. The number of aliphatic hydroxyl groups is 1. The molecule has 13 nitrogen and oxygen atoms in total. The molecule has 1 heterocycles. The SMILES string of the molecule is N=C(N)c1ccc2nc(C3(CNC(N)=O)C=C(C(CC(=O)O)C(=O)O)CC(c4ccccc4O)=C3O)[nH]c2c1. The number of fused-ring (bicyclic) bond motifs is 1. The van der Waals surface area contributed by atoms with Crippen molar-refractivity contribution in [3.63, 3.8) is 0 Å². The van der Waals surface area contributed by atoms with E-state index >= 15 is 0 Å². The lowest BCUT2D eigenvalue weighted by Crippen LogP contribution is -2.45. The number of hydrogen-bond acceptors (Lipinski definition) is 7. The third kappa shape index (κ3) is 5.09. The van der Waals surface area contributed by atoms with Gasteiger partial charge in [0.05, 0.1) is 23.4 Å². The number of nitrogen functional groups attached to an aromatic ring is 1. The molecule has 4 rings (SSSR count). The van der Waals surface area contributed by atoms with Crippen LogP contribution in [-0.2, 0) is 15.0 Å². The number of amides is 2. The van der Waals surface area contributed by atoms with Crippen molar-refractivity contribution in [2.24, 2.45) is 17.4 Å². The van der Waals surface area contributed by atoms with Gasteiger partial charge in [0.1, 0.15) is 28.6 Å². The van der Waals surface area contributed by atoms with Gasteiger partial charge in [-0.15, -0.1) is 0 Å². The Kier molecular flexibility index (Phi) is 6.99. The molecule has 1 aliphatic rings. The minimum atomic E-state index is -1.75.